The van der Waals surface area contributed by atoms with E-state index in [0.29, 0.717) is 5.82 Å². The number of aromatic amines is 1. The smallest absolute Gasteiger partial charge is 0.408 e. The number of carboxylic acid groups (broad SMARTS) is 1. The highest BCUT2D eigenvalue weighted by molar-refractivity contribution is 5.71. The predicted octanol–water partition coefficient (Wildman–Crippen LogP) is 1.76. The molecule has 0 spiro atoms. The lowest BCUT2D eigenvalue weighted by atomic mass is 10.2. The van der Waals surface area contributed by atoms with Crippen LogP contribution in [-0.4, -0.2) is 32.7 Å². The first-order chi connectivity index (χ1) is 8.67. The van der Waals surface area contributed by atoms with E-state index in [-0.39, 0.29) is 6.42 Å². The highest BCUT2D eigenvalue weighted by Gasteiger charge is 2.24. The minimum atomic E-state index is -1.03. The van der Waals surface area contributed by atoms with Gasteiger partial charge in [0.15, 0.2) is 0 Å². The van der Waals surface area contributed by atoms with Crippen LogP contribution in [0, 0.1) is 6.92 Å². The van der Waals surface area contributed by atoms with Gasteiger partial charge in [0.05, 0.1) is 6.42 Å². The number of alkyl carbamates (subject to hydrolysis) is 1. The number of carboxylic acids is 1. The van der Waals surface area contributed by atoms with Crippen LogP contribution in [0.1, 0.15) is 44.8 Å². The van der Waals surface area contributed by atoms with Gasteiger partial charge in [-0.15, -0.1) is 0 Å². The predicted molar refractivity (Wildman–Crippen MR) is 67.7 cm³/mol. The number of carbonyl (C=O) groups is 2. The Balaban J connectivity index is 2.76. The zero-order valence-corrected chi connectivity index (χ0v) is 11.5. The fraction of sp³-hybridized carbons (Fsp3) is 0.583. The number of H-pyrrole nitrogens is 1. The average Bonchev–Trinajstić information content (AvgIpc) is 2.60. The summed E-state index contributed by atoms with van der Waals surface area (Å²) in [6, 6.07) is -0.749. The summed E-state index contributed by atoms with van der Waals surface area (Å²) in [6.45, 7) is 6.99. The number of rotatable bonds is 4. The second-order valence-electron chi connectivity index (χ2n) is 5.25. The molecule has 106 valence electrons. The topological polar surface area (TPSA) is 104 Å². The first-order valence-corrected chi connectivity index (χ1v) is 5.90. The third-order valence-corrected chi connectivity index (χ3v) is 2.12. The van der Waals surface area contributed by atoms with E-state index in [9.17, 15) is 9.59 Å². The number of aryl methyl sites for hydroxylation is 1. The van der Waals surface area contributed by atoms with E-state index < -0.39 is 23.7 Å². The summed E-state index contributed by atoms with van der Waals surface area (Å²) in [5, 5.41) is 11.4. The van der Waals surface area contributed by atoms with E-state index >= 15 is 0 Å². The molecule has 1 rings (SSSR count). The van der Waals surface area contributed by atoms with Crippen molar-refractivity contribution in [1.82, 2.24) is 15.3 Å². The van der Waals surface area contributed by atoms with Crippen molar-refractivity contribution in [2.45, 2.75) is 45.8 Å². The lowest BCUT2D eigenvalue weighted by molar-refractivity contribution is -0.137. The summed E-state index contributed by atoms with van der Waals surface area (Å²) in [5.41, 5.74) is 0.146. The number of nitrogens with one attached hydrogen (secondary N) is 2. The fourth-order valence-electron chi connectivity index (χ4n) is 1.45. The van der Waals surface area contributed by atoms with E-state index in [1.54, 1.807) is 33.9 Å². The van der Waals surface area contributed by atoms with Crippen LogP contribution < -0.4 is 5.32 Å². The van der Waals surface area contributed by atoms with Gasteiger partial charge in [0.1, 0.15) is 17.5 Å². The van der Waals surface area contributed by atoms with Crippen molar-refractivity contribution in [2.24, 2.45) is 0 Å². The van der Waals surface area contributed by atoms with Gasteiger partial charge < -0.3 is 20.1 Å². The monoisotopic (exact) mass is 269 g/mol. The minimum Gasteiger partial charge on any atom is -0.481 e. The average molecular weight is 269 g/mol. The van der Waals surface area contributed by atoms with Gasteiger partial charge in [0, 0.05) is 11.9 Å². The van der Waals surface area contributed by atoms with Gasteiger partial charge in [-0.2, -0.15) is 0 Å². The van der Waals surface area contributed by atoms with Gasteiger partial charge in [-0.1, -0.05) is 0 Å². The quantitative estimate of drug-likeness (QED) is 0.772. The zero-order valence-electron chi connectivity index (χ0n) is 11.5. The summed E-state index contributed by atoms with van der Waals surface area (Å²) >= 11 is 0. The van der Waals surface area contributed by atoms with E-state index in [1.165, 1.54) is 0 Å². The van der Waals surface area contributed by atoms with Gasteiger partial charge >= 0.3 is 12.1 Å². The number of aliphatic carboxylic acids is 1. The van der Waals surface area contributed by atoms with Crippen LogP contribution in [-0.2, 0) is 9.53 Å². The summed E-state index contributed by atoms with van der Waals surface area (Å²) < 4.78 is 5.09. The molecule has 0 saturated carbocycles. The molecule has 3 N–H and O–H groups in total. The van der Waals surface area contributed by atoms with Crippen molar-refractivity contribution in [3.63, 3.8) is 0 Å². The van der Waals surface area contributed by atoms with Crippen molar-refractivity contribution in [3.8, 4) is 0 Å². The first-order valence-electron chi connectivity index (χ1n) is 5.90. The number of hydrogen-bond acceptors (Lipinski definition) is 4. The Bertz CT molecular complexity index is 462. The van der Waals surface area contributed by atoms with Gasteiger partial charge in [0.25, 0.3) is 0 Å². The standard InChI is InChI=1S/C12H19N3O4/c1-7-6-13-10(14-7)8(5-9(16)17)15-11(18)19-12(2,3)4/h6,8H,5H2,1-4H3,(H,13,14)(H,15,18)(H,16,17)/t8-/m1/s1. The molecule has 0 bridgehead atoms. The van der Waals surface area contributed by atoms with Crippen LogP contribution in [0.4, 0.5) is 4.79 Å². The number of nitrogens with zero attached hydrogens (tertiary/aromatic N) is 1. The zero-order chi connectivity index (χ0) is 14.6. The molecule has 1 atom stereocenters. The molecule has 1 amide bonds. The maximum atomic E-state index is 11.7. The molecule has 7 heteroatoms. The molecule has 7 nitrogen and oxygen atoms in total. The Morgan fingerprint density at radius 1 is 1.53 bits per heavy atom. The van der Waals surface area contributed by atoms with E-state index in [4.69, 9.17) is 9.84 Å². The third-order valence-electron chi connectivity index (χ3n) is 2.12. The molecule has 0 aromatic carbocycles. The molecule has 1 aromatic rings. The molecular formula is C12H19N3O4. The minimum absolute atomic E-state index is 0.272. The van der Waals surface area contributed by atoms with Crippen molar-refractivity contribution >= 4 is 12.1 Å². The summed E-state index contributed by atoms with van der Waals surface area (Å²) in [5.74, 6) is -0.638. The summed E-state index contributed by atoms with van der Waals surface area (Å²) in [6.07, 6.45) is 0.625. The van der Waals surface area contributed by atoms with E-state index in [1.807, 2.05) is 0 Å². The van der Waals surface area contributed by atoms with Crippen LogP contribution >= 0.6 is 0 Å². The Morgan fingerprint density at radius 2 is 2.16 bits per heavy atom. The molecule has 0 unspecified atom stereocenters. The Hall–Kier alpha value is -2.05. The largest absolute Gasteiger partial charge is 0.481 e. The number of amides is 1. The van der Waals surface area contributed by atoms with E-state index in [0.717, 1.165) is 5.69 Å². The molecule has 1 heterocycles. The number of imidazole rings is 1. The molecule has 0 aliphatic rings. The van der Waals surface area contributed by atoms with Gasteiger partial charge in [-0.25, -0.2) is 9.78 Å². The molecule has 1 aromatic heterocycles. The molecule has 0 aliphatic carbocycles. The van der Waals surface area contributed by atoms with E-state index in [2.05, 4.69) is 15.3 Å². The Labute approximate surface area is 111 Å². The summed E-state index contributed by atoms with van der Waals surface area (Å²) in [4.78, 5) is 29.4. The van der Waals surface area contributed by atoms with Crippen LogP contribution in [0.2, 0.25) is 0 Å². The summed E-state index contributed by atoms with van der Waals surface area (Å²) in [7, 11) is 0. The maximum Gasteiger partial charge on any atom is 0.408 e. The fourth-order valence-corrected chi connectivity index (χ4v) is 1.45. The van der Waals surface area contributed by atoms with Gasteiger partial charge in [-0.05, 0) is 27.7 Å². The second-order valence-corrected chi connectivity index (χ2v) is 5.25. The van der Waals surface area contributed by atoms with Crippen LogP contribution in [0.15, 0.2) is 6.20 Å². The molecule has 0 radical (unpaired) electrons. The van der Waals surface area contributed by atoms with Gasteiger partial charge in [0.2, 0.25) is 0 Å². The van der Waals surface area contributed by atoms with Crippen molar-refractivity contribution in [1.29, 1.82) is 0 Å². The van der Waals surface area contributed by atoms with Crippen LogP contribution in [0.3, 0.4) is 0 Å². The van der Waals surface area contributed by atoms with Crippen molar-refractivity contribution < 1.29 is 19.4 Å². The molecule has 0 aliphatic heterocycles. The third kappa shape index (κ3) is 5.41. The number of aromatic nitrogens is 2. The second kappa shape index (κ2) is 5.73. The van der Waals surface area contributed by atoms with Crippen LogP contribution in [0.5, 0.6) is 0 Å². The number of hydrogen-bond donors (Lipinski definition) is 3. The van der Waals surface area contributed by atoms with Crippen molar-refractivity contribution in [2.75, 3.05) is 0 Å². The normalized spacial score (nSPS) is 12.8. The van der Waals surface area contributed by atoms with Gasteiger partial charge in [-0.3, -0.25) is 4.79 Å². The highest BCUT2D eigenvalue weighted by atomic mass is 16.6. The first kappa shape index (κ1) is 15.0. The number of ether oxygens (including phenoxy) is 1. The lowest BCUT2D eigenvalue weighted by Crippen LogP contribution is -2.36. The van der Waals surface area contributed by atoms with Crippen LogP contribution in [0.25, 0.3) is 0 Å². The highest BCUT2D eigenvalue weighted by Crippen LogP contribution is 2.15. The molecule has 0 saturated heterocycles. The molecular weight excluding hydrogens is 250 g/mol. The lowest BCUT2D eigenvalue weighted by Gasteiger charge is -2.22. The molecule has 19 heavy (non-hydrogen) atoms. The Morgan fingerprint density at radius 3 is 2.58 bits per heavy atom. The maximum absolute atomic E-state index is 11.7. The number of carbonyl (C=O) groups excluding carboxylic acids is 1. The Kier molecular flexibility index (Phi) is 4.52. The van der Waals surface area contributed by atoms with Crippen molar-refractivity contribution in [3.05, 3.63) is 17.7 Å². The SMILES string of the molecule is Cc1cnc([C@@H](CC(=O)O)NC(=O)OC(C)(C)C)[nH]1. The molecule has 0 fully saturated rings.